The normalized spacial score (nSPS) is 11.2. The minimum Gasteiger partial charge on any atom is -0.496 e. The maximum absolute atomic E-state index is 5.64. The van der Waals surface area contributed by atoms with Crippen molar-refractivity contribution in [2.75, 3.05) is 7.11 Å². The summed E-state index contributed by atoms with van der Waals surface area (Å²) in [5.41, 5.74) is 13.3. The van der Waals surface area contributed by atoms with Gasteiger partial charge < -0.3 is 4.74 Å². The van der Waals surface area contributed by atoms with Crippen LogP contribution >= 0.6 is 0 Å². The van der Waals surface area contributed by atoms with E-state index in [1.807, 2.05) is 0 Å². The van der Waals surface area contributed by atoms with Gasteiger partial charge in [0.2, 0.25) is 0 Å². The molecule has 0 saturated heterocycles. The van der Waals surface area contributed by atoms with Gasteiger partial charge in [0.15, 0.2) is 0 Å². The standard InChI is InChI=1S/C27H32O/c1-16-9-10-23(15-26(16)28-8)27(24-11-17(2)21(6)18(3)12-24)25-13-19(4)22(7)20(5)14-25/h9-15,27H,1-8H3. The van der Waals surface area contributed by atoms with Crippen molar-refractivity contribution in [1.82, 2.24) is 0 Å². The van der Waals surface area contributed by atoms with Gasteiger partial charge in [-0.3, -0.25) is 0 Å². The Morgan fingerprint density at radius 1 is 0.536 bits per heavy atom. The number of rotatable bonds is 4. The van der Waals surface area contributed by atoms with Crippen LogP contribution in [0.5, 0.6) is 5.75 Å². The summed E-state index contributed by atoms with van der Waals surface area (Å²) >= 11 is 0. The van der Waals surface area contributed by atoms with E-state index in [9.17, 15) is 0 Å². The highest BCUT2D eigenvalue weighted by molar-refractivity contribution is 5.52. The number of aryl methyl sites for hydroxylation is 5. The van der Waals surface area contributed by atoms with E-state index in [0.29, 0.717) is 0 Å². The molecule has 0 fully saturated rings. The summed E-state index contributed by atoms with van der Waals surface area (Å²) in [6.45, 7) is 15.4. The molecule has 0 aromatic heterocycles. The number of hydrogen-bond acceptors (Lipinski definition) is 1. The summed E-state index contributed by atoms with van der Waals surface area (Å²) in [5.74, 6) is 1.13. The zero-order valence-corrected chi connectivity index (χ0v) is 18.5. The molecule has 0 heterocycles. The molecule has 146 valence electrons. The first kappa shape index (κ1) is 20.2. The quantitative estimate of drug-likeness (QED) is 0.446. The zero-order valence-electron chi connectivity index (χ0n) is 18.5. The lowest BCUT2D eigenvalue weighted by Gasteiger charge is -2.23. The van der Waals surface area contributed by atoms with Crippen molar-refractivity contribution in [3.05, 3.63) is 98.1 Å². The molecule has 0 atom stereocenters. The molecular formula is C27H32O. The Labute approximate surface area is 170 Å². The highest BCUT2D eigenvalue weighted by Gasteiger charge is 2.20. The molecule has 0 unspecified atom stereocenters. The van der Waals surface area contributed by atoms with Gasteiger partial charge in [-0.2, -0.15) is 0 Å². The molecule has 3 rings (SSSR count). The van der Waals surface area contributed by atoms with Crippen molar-refractivity contribution < 1.29 is 4.74 Å². The summed E-state index contributed by atoms with van der Waals surface area (Å²) in [6, 6.07) is 16.0. The van der Waals surface area contributed by atoms with Gasteiger partial charge in [-0.25, -0.2) is 0 Å². The molecule has 0 aliphatic carbocycles. The third-order valence-electron chi connectivity index (χ3n) is 6.33. The maximum atomic E-state index is 5.64. The Morgan fingerprint density at radius 2 is 0.964 bits per heavy atom. The monoisotopic (exact) mass is 372 g/mol. The van der Waals surface area contributed by atoms with E-state index in [0.717, 1.165) is 11.3 Å². The van der Waals surface area contributed by atoms with Gasteiger partial charge in [-0.05, 0) is 110 Å². The highest BCUT2D eigenvalue weighted by Crippen LogP contribution is 2.37. The van der Waals surface area contributed by atoms with Crippen LogP contribution in [0.2, 0.25) is 0 Å². The van der Waals surface area contributed by atoms with E-state index in [1.165, 1.54) is 50.1 Å². The lowest BCUT2D eigenvalue weighted by Crippen LogP contribution is -2.07. The van der Waals surface area contributed by atoms with Crippen molar-refractivity contribution in [2.45, 2.75) is 54.4 Å². The van der Waals surface area contributed by atoms with E-state index in [1.54, 1.807) is 7.11 Å². The summed E-state index contributed by atoms with van der Waals surface area (Å²) in [6.07, 6.45) is 0. The molecule has 0 bridgehead atoms. The molecule has 1 heteroatoms. The van der Waals surface area contributed by atoms with E-state index >= 15 is 0 Å². The number of ether oxygens (including phenoxy) is 1. The molecule has 28 heavy (non-hydrogen) atoms. The molecule has 1 nitrogen and oxygen atoms in total. The lowest BCUT2D eigenvalue weighted by molar-refractivity contribution is 0.411. The molecule has 0 amide bonds. The van der Waals surface area contributed by atoms with E-state index < -0.39 is 0 Å². The fraction of sp³-hybridized carbons (Fsp3) is 0.333. The molecule has 0 radical (unpaired) electrons. The van der Waals surface area contributed by atoms with Crippen LogP contribution in [0.4, 0.5) is 0 Å². The van der Waals surface area contributed by atoms with Crippen molar-refractivity contribution in [3.8, 4) is 5.75 Å². The SMILES string of the molecule is COc1cc(C(c2cc(C)c(C)c(C)c2)c2cc(C)c(C)c(C)c2)ccc1C. The van der Waals surface area contributed by atoms with Crippen LogP contribution in [-0.2, 0) is 0 Å². The molecule has 0 spiro atoms. The van der Waals surface area contributed by atoms with Crippen LogP contribution < -0.4 is 4.74 Å². The first-order valence-electron chi connectivity index (χ1n) is 10.0. The van der Waals surface area contributed by atoms with E-state index in [4.69, 9.17) is 4.74 Å². The zero-order chi connectivity index (χ0) is 20.6. The fourth-order valence-corrected chi connectivity index (χ4v) is 4.07. The van der Waals surface area contributed by atoms with Crippen LogP contribution in [0, 0.1) is 48.5 Å². The summed E-state index contributed by atoms with van der Waals surface area (Å²) in [4.78, 5) is 0. The number of methoxy groups -OCH3 is 1. The topological polar surface area (TPSA) is 9.23 Å². The predicted molar refractivity (Wildman–Crippen MR) is 120 cm³/mol. The first-order valence-corrected chi connectivity index (χ1v) is 10.0. The second-order valence-electron chi connectivity index (χ2n) is 8.22. The molecule has 0 aliphatic rings. The Hall–Kier alpha value is -2.54. The van der Waals surface area contributed by atoms with Gasteiger partial charge in [-0.15, -0.1) is 0 Å². The molecule has 0 saturated carbocycles. The van der Waals surface area contributed by atoms with Gasteiger partial charge in [0.25, 0.3) is 0 Å². The Morgan fingerprint density at radius 3 is 1.36 bits per heavy atom. The summed E-state index contributed by atoms with van der Waals surface area (Å²) in [7, 11) is 1.75. The minimum absolute atomic E-state index is 0.186. The first-order chi connectivity index (χ1) is 13.2. The average molecular weight is 373 g/mol. The molecule has 3 aromatic rings. The van der Waals surface area contributed by atoms with Crippen LogP contribution in [0.15, 0.2) is 42.5 Å². The highest BCUT2D eigenvalue weighted by atomic mass is 16.5. The Balaban J connectivity index is 2.29. The predicted octanol–water partition coefficient (Wildman–Crippen LogP) is 7.03. The third-order valence-corrected chi connectivity index (χ3v) is 6.33. The van der Waals surface area contributed by atoms with Gasteiger partial charge in [0.1, 0.15) is 5.75 Å². The maximum Gasteiger partial charge on any atom is 0.122 e. The van der Waals surface area contributed by atoms with Crippen molar-refractivity contribution in [2.24, 2.45) is 0 Å². The van der Waals surface area contributed by atoms with Crippen molar-refractivity contribution >= 4 is 0 Å². The van der Waals surface area contributed by atoms with Crippen LogP contribution in [-0.4, -0.2) is 7.11 Å². The lowest BCUT2D eigenvalue weighted by atomic mass is 9.81. The van der Waals surface area contributed by atoms with E-state index in [2.05, 4.69) is 90.9 Å². The van der Waals surface area contributed by atoms with Gasteiger partial charge in [0.05, 0.1) is 7.11 Å². The number of benzene rings is 3. The van der Waals surface area contributed by atoms with Crippen LogP contribution in [0.3, 0.4) is 0 Å². The molecule has 3 aromatic carbocycles. The summed E-state index contributed by atoms with van der Waals surface area (Å²) < 4.78 is 5.64. The summed E-state index contributed by atoms with van der Waals surface area (Å²) in [5, 5.41) is 0. The van der Waals surface area contributed by atoms with E-state index in [-0.39, 0.29) is 5.92 Å². The fourth-order valence-electron chi connectivity index (χ4n) is 4.07. The average Bonchev–Trinajstić information content (AvgIpc) is 2.65. The van der Waals surface area contributed by atoms with Gasteiger partial charge in [-0.1, -0.05) is 36.4 Å². The van der Waals surface area contributed by atoms with Crippen molar-refractivity contribution in [1.29, 1.82) is 0 Å². The second-order valence-corrected chi connectivity index (χ2v) is 8.22. The Kier molecular flexibility index (Phi) is 5.65. The minimum atomic E-state index is 0.186. The number of hydrogen-bond donors (Lipinski definition) is 0. The Bertz CT molecular complexity index is 923. The smallest absolute Gasteiger partial charge is 0.122 e. The molecule has 0 N–H and O–H groups in total. The largest absolute Gasteiger partial charge is 0.496 e. The van der Waals surface area contributed by atoms with Crippen LogP contribution in [0.1, 0.15) is 61.6 Å². The van der Waals surface area contributed by atoms with Gasteiger partial charge in [0, 0.05) is 5.92 Å². The molecular weight excluding hydrogens is 340 g/mol. The van der Waals surface area contributed by atoms with Crippen LogP contribution in [0.25, 0.3) is 0 Å². The molecule has 0 aliphatic heterocycles. The third kappa shape index (κ3) is 3.71. The van der Waals surface area contributed by atoms with Crippen molar-refractivity contribution in [3.63, 3.8) is 0 Å². The second kappa shape index (κ2) is 7.83. The van der Waals surface area contributed by atoms with Gasteiger partial charge >= 0.3 is 0 Å².